The highest BCUT2D eigenvalue weighted by molar-refractivity contribution is 9.10. The van der Waals surface area contributed by atoms with Gasteiger partial charge in [-0.05, 0) is 85.5 Å². The number of benzene rings is 3. The van der Waals surface area contributed by atoms with Gasteiger partial charge >= 0.3 is 0 Å². The van der Waals surface area contributed by atoms with Gasteiger partial charge in [0.2, 0.25) is 0 Å². The van der Waals surface area contributed by atoms with Crippen molar-refractivity contribution >= 4 is 42.7 Å². The Kier molecular flexibility index (Phi) is 6.35. The molecule has 1 amide bonds. The van der Waals surface area contributed by atoms with Gasteiger partial charge in [-0.3, -0.25) is 4.79 Å². The van der Waals surface area contributed by atoms with Crippen LogP contribution in [0.5, 0.6) is 0 Å². The van der Waals surface area contributed by atoms with E-state index in [1.165, 1.54) is 11.1 Å². The molecule has 0 spiro atoms. The molecule has 198 valence electrons. The number of fused-ring (bicyclic) bond motifs is 2. The lowest BCUT2D eigenvalue weighted by Gasteiger charge is -2.26. The Morgan fingerprint density at radius 1 is 1.10 bits per heavy atom. The number of hydrogen-bond acceptors (Lipinski definition) is 6. The van der Waals surface area contributed by atoms with Crippen LogP contribution in [0.25, 0.3) is 16.7 Å². The van der Waals surface area contributed by atoms with Crippen molar-refractivity contribution in [1.82, 2.24) is 29.9 Å². The van der Waals surface area contributed by atoms with Gasteiger partial charge in [-0.15, -0.1) is 5.10 Å². The third-order valence-electron chi connectivity index (χ3n) is 7.15. The van der Waals surface area contributed by atoms with Crippen molar-refractivity contribution in [3.63, 3.8) is 0 Å². The second kappa shape index (κ2) is 9.73. The van der Waals surface area contributed by atoms with Gasteiger partial charge in [0.05, 0.1) is 52.5 Å². The molecule has 0 saturated heterocycles. The molecule has 1 N–H and O–H groups in total. The Balaban J connectivity index is 1.22. The summed E-state index contributed by atoms with van der Waals surface area (Å²) in [5, 5.41) is 11.6. The van der Waals surface area contributed by atoms with Crippen LogP contribution in [0.4, 0.5) is 0 Å². The van der Waals surface area contributed by atoms with Crippen molar-refractivity contribution < 1.29 is 13.2 Å². The van der Waals surface area contributed by atoms with E-state index in [2.05, 4.69) is 62.5 Å². The highest BCUT2D eigenvalue weighted by Crippen LogP contribution is 2.34. The summed E-state index contributed by atoms with van der Waals surface area (Å²) in [4.78, 5) is 18.0. The fourth-order valence-electron chi connectivity index (χ4n) is 4.91. The summed E-state index contributed by atoms with van der Waals surface area (Å²) in [6.45, 7) is 4.67. The Labute approximate surface area is 233 Å². The number of imidazole rings is 1. The Bertz CT molecular complexity index is 1860. The molecule has 1 aliphatic rings. The topological polar surface area (TPSA) is 112 Å². The number of carbonyl (C=O) groups excluding carboxylic acids is 1. The van der Waals surface area contributed by atoms with Crippen molar-refractivity contribution in [1.29, 1.82) is 0 Å². The fraction of sp³-hybridized carbons (Fsp3) is 0.214. The first-order valence-corrected chi connectivity index (χ1v) is 14.9. The number of aromatic nitrogens is 5. The van der Waals surface area contributed by atoms with Crippen LogP contribution in [0, 0.1) is 13.8 Å². The number of aryl methyl sites for hydroxylation is 2. The van der Waals surface area contributed by atoms with Gasteiger partial charge in [0.25, 0.3) is 5.91 Å². The van der Waals surface area contributed by atoms with E-state index < -0.39 is 15.9 Å². The second-order valence-electron chi connectivity index (χ2n) is 9.82. The second-order valence-corrected chi connectivity index (χ2v) is 12.8. The zero-order valence-corrected chi connectivity index (χ0v) is 23.7. The zero-order valence-electron chi connectivity index (χ0n) is 21.3. The fourth-order valence-corrected chi connectivity index (χ4v) is 6.89. The van der Waals surface area contributed by atoms with Gasteiger partial charge in [0, 0.05) is 10.0 Å². The van der Waals surface area contributed by atoms with Crippen LogP contribution in [0.15, 0.2) is 76.5 Å². The smallest absolute Gasteiger partial charge is 0.251 e. The highest BCUT2D eigenvalue weighted by Gasteiger charge is 2.31. The molecule has 0 aliphatic carbocycles. The van der Waals surface area contributed by atoms with Crippen molar-refractivity contribution in [2.24, 2.45) is 0 Å². The quantitative estimate of drug-likeness (QED) is 0.311. The lowest BCUT2D eigenvalue weighted by molar-refractivity contribution is 0.0934. The van der Waals surface area contributed by atoms with Gasteiger partial charge in [0.1, 0.15) is 5.69 Å². The number of rotatable bonds is 5. The Hall–Kier alpha value is -3.83. The van der Waals surface area contributed by atoms with Crippen LogP contribution < -0.4 is 5.32 Å². The molecule has 9 nitrogen and oxygen atoms in total. The summed E-state index contributed by atoms with van der Waals surface area (Å²) in [7, 11) is -3.36. The largest absolute Gasteiger partial charge is 0.345 e. The normalized spacial score (nSPS) is 16.2. The molecule has 3 heterocycles. The number of halogens is 1. The van der Waals surface area contributed by atoms with Crippen LogP contribution >= 0.6 is 15.9 Å². The minimum absolute atomic E-state index is 0.0142. The minimum Gasteiger partial charge on any atom is -0.345 e. The first-order valence-electron chi connectivity index (χ1n) is 12.4. The molecule has 0 bridgehead atoms. The molecule has 1 atom stereocenters. The molecule has 6 rings (SSSR count). The van der Waals surface area contributed by atoms with Crippen molar-refractivity contribution in [2.75, 3.05) is 5.75 Å². The summed E-state index contributed by atoms with van der Waals surface area (Å²) in [6, 6.07) is 16.0. The highest BCUT2D eigenvalue weighted by atomic mass is 79.9. The molecule has 11 heteroatoms. The van der Waals surface area contributed by atoms with E-state index in [1.807, 2.05) is 16.8 Å². The maximum Gasteiger partial charge on any atom is 0.251 e. The summed E-state index contributed by atoms with van der Waals surface area (Å²) < 4.78 is 29.5. The number of amides is 1. The van der Waals surface area contributed by atoms with Gasteiger partial charge in [0.15, 0.2) is 9.84 Å². The predicted octanol–water partition coefficient (Wildman–Crippen LogP) is 4.69. The van der Waals surface area contributed by atoms with E-state index in [1.54, 1.807) is 47.4 Å². The number of carbonyl (C=O) groups is 1. The summed E-state index contributed by atoms with van der Waals surface area (Å²) in [5.74, 6) is -0.303. The first-order chi connectivity index (χ1) is 18.7. The van der Waals surface area contributed by atoms with E-state index >= 15 is 0 Å². The SMILES string of the molecule is Cc1cc2ncn(Cc3cn(-c4cccc(C(=O)NC5CCS(=O)(=O)c6ccc(Br)cc65)c4)nn3)c2cc1C. The lowest BCUT2D eigenvalue weighted by Crippen LogP contribution is -2.34. The molecular weight excluding hydrogens is 580 g/mol. The van der Waals surface area contributed by atoms with Crippen molar-refractivity contribution in [3.8, 4) is 5.69 Å². The first kappa shape index (κ1) is 25.4. The molecule has 1 aliphatic heterocycles. The van der Waals surface area contributed by atoms with E-state index in [-0.39, 0.29) is 16.6 Å². The molecule has 3 aromatic carbocycles. The van der Waals surface area contributed by atoms with Gasteiger partial charge < -0.3 is 9.88 Å². The van der Waals surface area contributed by atoms with Crippen molar-refractivity contribution in [2.45, 2.75) is 37.8 Å². The number of nitrogens with zero attached hydrogens (tertiary/aromatic N) is 5. The van der Waals surface area contributed by atoms with E-state index in [4.69, 9.17) is 0 Å². The lowest BCUT2D eigenvalue weighted by atomic mass is 10.0. The third kappa shape index (κ3) is 4.87. The van der Waals surface area contributed by atoms with Gasteiger partial charge in [-0.2, -0.15) is 0 Å². The maximum atomic E-state index is 13.2. The van der Waals surface area contributed by atoms with Crippen molar-refractivity contribution in [3.05, 3.63) is 99.5 Å². The average molecular weight is 606 g/mol. The minimum atomic E-state index is -3.36. The molecule has 5 aromatic rings. The maximum absolute atomic E-state index is 13.2. The van der Waals surface area contributed by atoms with Crippen LogP contribution in [-0.2, 0) is 16.4 Å². The van der Waals surface area contributed by atoms with Crippen LogP contribution in [-0.4, -0.2) is 44.6 Å². The molecule has 0 radical (unpaired) electrons. The Morgan fingerprint density at radius 2 is 1.92 bits per heavy atom. The average Bonchev–Trinajstić information content (AvgIpc) is 3.53. The predicted molar refractivity (Wildman–Crippen MR) is 151 cm³/mol. The molecule has 2 aromatic heterocycles. The van der Waals surface area contributed by atoms with E-state index in [9.17, 15) is 13.2 Å². The molecule has 0 fully saturated rings. The van der Waals surface area contributed by atoms with E-state index in [0.717, 1.165) is 21.2 Å². The standard InChI is InChI=1S/C28H25BrN6O3S/c1-17-10-25-26(11-18(17)2)34(16-30-25)14-21-15-35(33-32-21)22-5-3-4-19(12-22)28(36)31-24-8-9-39(37,38)27-7-6-20(29)13-23(24)27/h3-7,10-13,15-16,24H,8-9,14H2,1-2H3,(H,31,36). The Morgan fingerprint density at radius 3 is 2.77 bits per heavy atom. The molecule has 39 heavy (non-hydrogen) atoms. The number of hydrogen-bond donors (Lipinski definition) is 1. The molecule has 0 saturated carbocycles. The van der Waals surface area contributed by atoms with Gasteiger partial charge in [-0.25, -0.2) is 18.1 Å². The number of nitrogens with one attached hydrogen (secondary N) is 1. The van der Waals surface area contributed by atoms with Crippen LogP contribution in [0.1, 0.15) is 45.2 Å². The van der Waals surface area contributed by atoms with Gasteiger partial charge in [-0.1, -0.05) is 27.2 Å². The monoisotopic (exact) mass is 604 g/mol. The van der Waals surface area contributed by atoms with Crippen LogP contribution in [0.2, 0.25) is 0 Å². The summed E-state index contributed by atoms with van der Waals surface area (Å²) >= 11 is 3.41. The third-order valence-corrected chi connectivity index (χ3v) is 9.45. The van der Waals surface area contributed by atoms with E-state index in [0.29, 0.717) is 29.8 Å². The zero-order chi connectivity index (χ0) is 27.3. The summed E-state index contributed by atoms with van der Waals surface area (Å²) in [5.41, 5.74) is 6.87. The number of sulfone groups is 1. The van der Waals surface area contributed by atoms with Crippen LogP contribution in [0.3, 0.4) is 0 Å². The molecule has 1 unspecified atom stereocenters. The summed E-state index contributed by atoms with van der Waals surface area (Å²) in [6.07, 6.45) is 3.95. The molecular formula is C28H25BrN6O3S.